The summed E-state index contributed by atoms with van der Waals surface area (Å²) >= 11 is 0. The Bertz CT molecular complexity index is 774. The van der Waals surface area contributed by atoms with Crippen LogP contribution in [0.4, 0.5) is 0 Å². The fraction of sp³-hybridized carbons (Fsp3) is 0.824. The first-order valence-electron chi connectivity index (χ1n) is 15.5. The predicted molar refractivity (Wildman–Crippen MR) is 164 cm³/mol. The van der Waals surface area contributed by atoms with Gasteiger partial charge in [-0.1, -0.05) is 71.8 Å². The number of fused-ring (bicyclic) bond motifs is 1. The van der Waals surface area contributed by atoms with Crippen LogP contribution < -0.4 is 0 Å². The molecule has 3 rings (SSSR count). The maximum atomic E-state index is 10.7. The van der Waals surface area contributed by atoms with E-state index in [2.05, 4.69) is 46.4 Å². The van der Waals surface area contributed by atoms with E-state index in [4.69, 9.17) is 9.84 Å². The number of ether oxygens (including phenoxy) is 1. The quantitative estimate of drug-likeness (QED) is 0.229. The van der Waals surface area contributed by atoms with Crippen LogP contribution in [0.15, 0.2) is 35.5 Å². The summed E-state index contributed by atoms with van der Waals surface area (Å²) < 4.78 is 5.69. The number of hydrogen-bond acceptors (Lipinski definition) is 5. The van der Waals surface area contributed by atoms with Crippen LogP contribution in [0.5, 0.6) is 0 Å². The fourth-order valence-corrected chi connectivity index (χ4v) is 6.68. The average molecular weight is 551 g/mol. The molecule has 0 spiro atoms. The van der Waals surface area contributed by atoms with Crippen LogP contribution >= 0.6 is 0 Å². The molecule has 0 saturated heterocycles. The van der Waals surface area contributed by atoms with Crippen molar-refractivity contribution in [2.75, 3.05) is 13.7 Å². The minimum absolute atomic E-state index is 0.374. The first-order valence-corrected chi connectivity index (χ1v) is 15.5. The van der Waals surface area contributed by atoms with Gasteiger partial charge < -0.3 is 25.2 Å². The van der Waals surface area contributed by atoms with Crippen LogP contribution in [0.25, 0.3) is 0 Å². The molecule has 228 valence electrons. The van der Waals surface area contributed by atoms with Crippen LogP contribution in [0, 0.1) is 23.2 Å². The second kappa shape index (κ2) is 17.1. The lowest BCUT2D eigenvalue weighted by atomic mass is 9.62. The van der Waals surface area contributed by atoms with E-state index in [0.29, 0.717) is 29.9 Å². The molecule has 0 aliphatic heterocycles. The van der Waals surface area contributed by atoms with Gasteiger partial charge in [-0.25, -0.2) is 0 Å². The Morgan fingerprint density at radius 3 is 2.33 bits per heavy atom. The SMILES string of the molecule is C=C1/C(=C\C=C2/CCC[C@@]3(C)C2CC[C@@H]3CCCCC(C)(C)O)C[C@@H](O)[C@@H](OCCC)[C@@H]1O.CC(C)C.CO. The third kappa shape index (κ3) is 11.1. The van der Waals surface area contributed by atoms with Gasteiger partial charge in [-0.2, -0.15) is 0 Å². The van der Waals surface area contributed by atoms with Crippen molar-refractivity contribution in [2.24, 2.45) is 23.2 Å². The number of allylic oxidation sites excluding steroid dienone is 3. The molecule has 3 saturated carbocycles. The molecular weight excluding hydrogens is 488 g/mol. The topological polar surface area (TPSA) is 90.2 Å². The summed E-state index contributed by atoms with van der Waals surface area (Å²) in [6, 6.07) is 0. The second-order valence-corrected chi connectivity index (χ2v) is 13.5. The van der Waals surface area contributed by atoms with Crippen LogP contribution in [0.1, 0.15) is 119 Å². The summed E-state index contributed by atoms with van der Waals surface area (Å²) in [4.78, 5) is 0. The molecule has 3 fully saturated rings. The van der Waals surface area contributed by atoms with E-state index in [1.54, 1.807) is 0 Å². The maximum absolute atomic E-state index is 10.7. The fourth-order valence-electron chi connectivity index (χ4n) is 6.68. The van der Waals surface area contributed by atoms with Gasteiger partial charge in [0.25, 0.3) is 0 Å². The van der Waals surface area contributed by atoms with Crippen LogP contribution in [0.2, 0.25) is 0 Å². The summed E-state index contributed by atoms with van der Waals surface area (Å²) in [6.45, 7) is 19.5. The third-order valence-corrected chi connectivity index (χ3v) is 8.65. The van der Waals surface area contributed by atoms with E-state index in [9.17, 15) is 15.3 Å². The lowest BCUT2D eigenvalue weighted by Gasteiger charge is -2.42. The lowest BCUT2D eigenvalue weighted by molar-refractivity contribution is -0.0947. The molecular formula is C34H62O5. The van der Waals surface area contributed by atoms with Gasteiger partial charge in [-0.05, 0) is 99.5 Å². The summed E-state index contributed by atoms with van der Waals surface area (Å²) in [5.41, 5.74) is 3.00. The zero-order valence-electron chi connectivity index (χ0n) is 26.5. The summed E-state index contributed by atoms with van der Waals surface area (Å²) in [7, 11) is 1.00. The standard InChI is InChI=1S/C29H48O4.C4H10.CH4O/c1-6-18-33-27-25(30)19-22(20(2)26(27)31)13-12-21-10-9-17-29(5)23(14-15-24(21)29)11-7-8-16-28(3,4)32;1-4(2)3;1-2/h12-13,23-27,30-32H,2,6-11,14-19H2,1,3-5H3;4H,1-3H3;2H,1H3/b21-12+,22-13-;;/t23-,24?,25+,26+,27+,29+;;/m0../s1. The zero-order valence-corrected chi connectivity index (χ0v) is 26.5. The van der Waals surface area contributed by atoms with E-state index >= 15 is 0 Å². The van der Waals surface area contributed by atoms with Gasteiger partial charge in [0, 0.05) is 20.1 Å². The van der Waals surface area contributed by atoms with Crippen LogP contribution in [-0.4, -0.2) is 58.1 Å². The Morgan fingerprint density at radius 1 is 1.10 bits per heavy atom. The van der Waals surface area contributed by atoms with E-state index in [1.807, 2.05) is 20.8 Å². The van der Waals surface area contributed by atoms with E-state index < -0.39 is 23.9 Å². The molecule has 0 aromatic heterocycles. The lowest BCUT2D eigenvalue weighted by Crippen LogP contribution is -2.45. The molecule has 4 N–H and O–H groups in total. The molecule has 0 amide bonds. The van der Waals surface area contributed by atoms with Crippen molar-refractivity contribution in [3.8, 4) is 0 Å². The highest BCUT2D eigenvalue weighted by Gasteiger charge is 2.48. The van der Waals surface area contributed by atoms with Crippen LogP contribution in [0.3, 0.4) is 0 Å². The van der Waals surface area contributed by atoms with Crippen molar-refractivity contribution in [1.29, 1.82) is 0 Å². The minimum Gasteiger partial charge on any atom is -0.400 e. The van der Waals surface area contributed by atoms with Crippen molar-refractivity contribution in [3.05, 3.63) is 35.5 Å². The smallest absolute Gasteiger partial charge is 0.114 e. The summed E-state index contributed by atoms with van der Waals surface area (Å²) in [6.07, 6.45) is 14.3. The number of rotatable bonds is 9. The molecule has 0 heterocycles. The number of aliphatic hydroxyl groups is 4. The van der Waals surface area contributed by atoms with Gasteiger partial charge >= 0.3 is 0 Å². The molecule has 5 heteroatoms. The molecule has 0 aromatic carbocycles. The third-order valence-electron chi connectivity index (χ3n) is 8.65. The Morgan fingerprint density at radius 2 is 1.74 bits per heavy atom. The summed E-state index contributed by atoms with van der Waals surface area (Å²) in [5.74, 6) is 2.24. The zero-order chi connectivity index (χ0) is 29.8. The predicted octanol–water partition coefficient (Wildman–Crippen LogP) is 7.13. The molecule has 39 heavy (non-hydrogen) atoms. The Balaban J connectivity index is 0.00000116. The average Bonchev–Trinajstić information content (AvgIpc) is 3.20. The Hall–Kier alpha value is -0.980. The highest BCUT2D eigenvalue weighted by molar-refractivity contribution is 5.40. The normalized spacial score (nSPS) is 32.9. The van der Waals surface area contributed by atoms with Gasteiger partial charge in [0.05, 0.1) is 11.7 Å². The molecule has 5 nitrogen and oxygen atoms in total. The van der Waals surface area contributed by atoms with Gasteiger partial charge in [0.1, 0.15) is 12.2 Å². The molecule has 3 aliphatic rings. The van der Waals surface area contributed by atoms with Crippen molar-refractivity contribution in [1.82, 2.24) is 0 Å². The Labute approximate surface area is 240 Å². The molecule has 0 aromatic rings. The molecule has 3 aliphatic carbocycles. The molecule has 0 radical (unpaired) electrons. The first-order chi connectivity index (χ1) is 18.3. The van der Waals surface area contributed by atoms with E-state index in [-0.39, 0.29) is 0 Å². The molecule has 6 atom stereocenters. The number of unbranched alkanes of at least 4 members (excludes halogenated alkanes) is 1. The van der Waals surface area contributed by atoms with Crippen molar-refractivity contribution >= 4 is 0 Å². The van der Waals surface area contributed by atoms with Gasteiger partial charge in [-0.3, -0.25) is 0 Å². The Kier molecular flexibility index (Phi) is 15.8. The van der Waals surface area contributed by atoms with Gasteiger partial charge in [-0.15, -0.1) is 0 Å². The minimum atomic E-state index is -0.846. The second-order valence-electron chi connectivity index (χ2n) is 13.5. The van der Waals surface area contributed by atoms with E-state index in [1.165, 1.54) is 44.1 Å². The van der Waals surface area contributed by atoms with Crippen LogP contribution in [-0.2, 0) is 4.74 Å². The largest absolute Gasteiger partial charge is 0.400 e. The van der Waals surface area contributed by atoms with Crippen molar-refractivity contribution in [3.63, 3.8) is 0 Å². The monoisotopic (exact) mass is 550 g/mol. The molecule has 1 unspecified atom stereocenters. The first kappa shape index (κ1) is 36.0. The maximum Gasteiger partial charge on any atom is 0.114 e. The summed E-state index contributed by atoms with van der Waals surface area (Å²) in [5, 5.41) is 38.2. The highest BCUT2D eigenvalue weighted by Crippen LogP contribution is 2.58. The van der Waals surface area contributed by atoms with Crippen molar-refractivity contribution in [2.45, 2.75) is 143 Å². The van der Waals surface area contributed by atoms with Gasteiger partial charge in [0.15, 0.2) is 0 Å². The van der Waals surface area contributed by atoms with E-state index in [0.717, 1.165) is 50.2 Å². The van der Waals surface area contributed by atoms with Gasteiger partial charge in [0.2, 0.25) is 0 Å². The van der Waals surface area contributed by atoms with Crippen molar-refractivity contribution < 1.29 is 25.2 Å². The number of hydrogen-bond donors (Lipinski definition) is 4. The molecule has 0 bridgehead atoms. The highest BCUT2D eigenvalue weighted by atomic mass is 16.5. The number of aliphatic hydroxyl groups excluding tert-OH is 3.